The lowest BCUT2D eigenvalue weighted by atomic mass is 9.92. The molecule has 2 aromatic rings. The van der Waals surface area contributed by atoms with Crippen LogP contribution in [0.1, 0.15) is 37.0 Å². The van der Waals surface area contributed by atoms with Gasteiger partial charge in [0.25, 0.3) is 5.91 Å². The van der Waals surface area contributed by atoms with Crippen molar-refractivity contribution in [2.75, 3.05) is 19.6 Å². The van der Waals surface area contributed by atoms with Gasteiger partial charge in [0.1, 0.15) is 0 Å². The highest BCUT2D eigenvalue weighted by atomic mass is 16.5. The van der Waals surface area contributed by atoms with E-state index in [0.29, 0.717) is 36.8 Å². The van der Waals surface area contributed by atoms with E-state index < -0.39 is 6.10 Å². The minimum atomic E-state index is -0.404. The molecule has 1 aliphatic rings. The molecular formula is C19H26N4O3. The molecule has 3 N–H and O–H groups in total. The smallest absolute Gasteiger partial charge is 0.251 e. The van der Waals surface area contributed by atoms with Gasteiger partial charge in [-0.1, -0.05) is 38.1 Å². The molecule has 2 unspecified atom stereocenters. The molecular weight excluding hydrogens is 332 g/mol. The summed E-state index contributed by atoms with van der Waals surface area (Å²) < 4.78 is 5.31. The molecule has 0 spiro atoms. The molecule has 7 heteroatoms. The van der Waals surface area contributed by atoms with Crippen molar-refractivity contribution in [3.05, 3.63) is 35.7 Å². The maximum Gasteiger partial charge on any atom is 0.251 e. The Labute approximate surface area is 153 Å². The average molecular weight is 358 g/mol. The summed E-state index contributed by atoms with van der Waals surface area (Å²) in [5.41, 5.74) is 1.45. The molecule has 0 saturated carbocycles. The molecule has 1 aliphatic heterocycles. The van der Waals surface area contributed by atoms with E-state index in [1.807, 2.05) is 12.1 Å². The maximum atomic E-state index is 12.3. The fraction of sp³-hybridized carbons (Fsp3) is 0.526. The first kappa shape index (κ1) is 18.5. The van der Waals surface area contributed by atoms with Gasteiger partial charge in [-0.25, -0.2) is 0 Å². The Balaban J connectivity index is 1.60. The van der Waals surface area contributed by atoms with Crippen molar-refractivity contribution in [1.82, 2.24) is 20.8 Å². The molecule has 3 rings (SSSR count). The Morgan fingerprint density at radius 3 is 2.65 bits per heavy atom. The van der Waals surface area contributed by atoms with Crippen molar-refractivity contribution in [3.8, 4) is 11.4 Å². The molecule has 2 heterocycles. The van der Waals surface area contributed by atoms with Crippen LogP contribution >= 0.6 is 0 Å². The molecule has 26 heavy (non-hydrogen) atoms. The molecule has 2 atom stereocenters. The van der Waals surface area contributed by atoms with Gasteiger partial charge in [-0.05, 0) is 17.5 Å². The summed E-state index contributed by atoms with van der Waals surface area (Å²) in [6.45, 7) is 8.10. The fourth-order valence-electron chi connectivity index (χ4n) is 2.92. The summed E-state index contributed by atoms with van der Waals surface area (Å²) in [4.78, 5) is 16.7. The number of carbonyl (C=O) groups is 1. The molecule has 7 nitrogen and oxygen atoms in total. The number of amides is 1. The predicted molar refractivity (Wildman–Crippen MR) is 97.6 cm³/mol. The van der Waals surface area contributed by atoms with Crippen molar-refractivity contribution < 1.29 is 14.4 Å². The molecule has 1 aromatic carbocycles. The molecule has 1 fully saturated rings. The second-order valence-corrected chi connectivity index (χ2v) is 8.02. The van der Waals surface area contributed by atoms with Gasteiger partial charge in [-0.3, -0.25) is 4.79 Å². The third-order valence-electron chi connectivity index (χ3n) is 4.38. The molecule has 140 valence electrons. The number of carbonyl (C=O) groups excluding carboxylic acids is 1. The summed E-state index contributed by atoms with van der Waals surface area (Å²) >= 11 is 0. The fourth-order valence-corrected chi connectivity index (χ4v) is 2.92. The molecule has 0 radical (unpaired) electrons. The molecule has 1 amide bonds. The number of hydrogen-bond donors (Lipinski definition) is 3. The van der Waals surface area contributed by atoms with E-state index in [9.17, 15) is 9.90 Å². The second kappa shape index (κ2) is 7.55. The number of nitrogens with one attached hydrogen (secondary N) is 2. The number of nitrogens with zero attached hydrogens (tertiary/aromatic N) is 2. The van der Waals surface area contributed by atoms with Crippen molar-refractivity contribution in [2.24, 2.45) is 11.3 Å². The Hall–Kier alpha value is -2.25. The maximum absolute atomic E-state index is 12.3. The van der Waals surface area contributed by atoms with Crippen LogP contribution in [0.5, 0.6) is 0 Å². The molecule has 1 aromatic heterocycles. The van der Waals surface area contributed by atoms with Crippen LogP contribution in [0.2, 0.25) is 0 Å². The Morgan fingerprint density at radius 1 is 1.31 bits per heavy atom. The normalized spacial score (nSPS) is 20.3. The first-order chi connectivity index (χ1) is 12.3. The highest BCUT2D eigenvalue weighted by Crippen LogP contribution is 2.22. The quantitative estimate of drug-likeness (QED) is 0.751. The van der Waals surface area contributed by atoms with Crippen molar-refractivity contribution >= 4 is 5.91 Å². The summed E-state index contributed by atoms with van der Waals surface area (Å²) in [5, 5.41) is 19.8. The van der Waals surface area contributed by atoms with Crippen molar-refractivity contribution in [3.63, 3.8) is 0 Å². The van der Waals surface area contributed by atoms with Gasteiger partial charge in [0.05, 0.1) is 6.10 Å². The lowest BCUT2D eigenvalue weighted by Crippen LogP contribution is -2.34. The van der Waals surface area contributed by atoms with Crippen molar-refractivity contribution in [2.45, 2.75) is 33.3 Å². The Bertz CT molecular complexity index is 749. The van der Waals surface area contributed by atoms with E-state index in [0.717, 1.165) is 12.1 Å². The summed E-state index contributed by atoms with van der Waals surface area (Å²) in [7, 11) is 0. The standard InChI is InChI=1S/C19H26N4O3/c1-19(2,3)8-16-22-17(23-26-16)12-4-6-13(7-5-12)18(25)21-10-14-9-20-11-15(14)24/h4-7,14-15,20,24H,8-11H2,1-3H3,(H,21,25). The lowest BCUT2D eigenvalue weighted by Gasteiger charge is -2.14. The van der Waals surface area contributed by atoms with Crippen LogP contribution in [-0.4, -0.2) is 46.9 Å². The van der Waals surface area contributed by atoms with Gasteiger partial charge in [-0.2, -0.15) is 4.98 Å². The van der Waals surface area contributed by atoms with E-state index in [4.69, 9.17) is 4.52 Å². The zero-order valence-electron chi connectivity index (χ0n) is 15.5. The number of aliphatic hydroxyl groups excluding tert-OH is 1. The predicted octanol–water partition coefficient (Wildman–Crippen LogP) is 1.64. The number of hydrogen-bond acceptors (Lipinski definition) is 6. The van der Waals surface area contributed by atoms with Crippen LogP contribution in [-0.2, 0) is 6.42 Å². The minimum Gasteiger partial charge on any atom is -0.391 e. The second-order valence-electron chi connectivity index (χ2n) is 8.02. The Kier molecular flexibility index (Phi) is 5.38. The summed E-state index contributed by atoms with van der Waals surface area (Å²) in [6.07, 6.45) is 0.306. The molecule has 0 bridgehead atoms. The molecule has 0 aliphatic carbocycles. The monoisotopic (exact) mass is 358 g/mol. The van der Waals surface area contributed by atoms with Crippen LogP contribution in [0.3, 0.4) is 0 Å². The van der Waals surface area contributed by atoms with Gasteiger partial charge < -0.3 is 20.3 Å². The number of rotatable bonds is 5. The van der Waals surface area contributed by atoms with Gasteiger partial charge in [0.2, 0.25) is 11.7 Å². The zero-order chi connectivity index (χ0) is 18.7. The van der Waals surface area contributed by atoms with Gasteiger partial charge in [0.15, 0.2) is 0 Å². The zero-order valence-corrected chi connectivity index (χ0v) is 15.5. The highest BCUT2D eigenvalue weighted by Gasteiger charge is 2.25. The third kappa shape index (κ3) is 4.68. The number of β-amino-alcohol motifs (C(OH)–C–C–N with tert-alkyl or cyclic N) is 1. The summed E-state index contributed by atoms with van der Waals surface area (Å²) in [6, 6.07) is 7.11. The number of benzene rings is 1. The van der Waals surface area contributed by atoms with Gasteiger partial charge in [0, 0.05) is 43.1 Å². The minimum absolute atomic E-state index is 0.0544. The van der Waals surface area contributed by atoms with E-state index >= 15 is 0 Å². The number of aliphatic hydroxyl groups is 1. The van der Waals surface area contributed by atoms with Gasteiger partial charge in [-0.15, -0.1) is 0 Å². The van der Waals surface area contributed by atoms with Crippen LogP contribution in [0.15, 0.2) is 28.8 Å². The largest absolute Gasteiger partial charge is 0.391 e. The van der Waals surface area contributed by atoms with Crippen LogP contribution in [0.25, 0.3) is 11.4 Å². The van der Waals surface area contributed by atoms with E-state index in [1.54, 1.807) is 12.1 Å². The first-order valence-electron chi connectivity index (χ1n) is 8.92. The highest BCUT2D eigenvalue weighted by molar-refractivity contribution is 5.94. The van der Waals surface area contributed by atoms with E-state index in [2.05, 4.69) is 41.5 Å². The average Bonchev–Trinajstić information content (AvgIpc) is 3.20. The van der Waals surface area contributed by atoms with Crippen LogP contribution in [0.4, 0.5) is 0 Å². The SMILES string of the molecule is CC(C)(C)Cc1nc(-c2ccc(C(=O)NCC3CNCC3O)cc2)no1. The first-order valence-corrected chi connectivity index (χ1v) is 8.92. The van der Waals surface area contributed by atoms with Crippen LogP contribution in [0, 0.1) is 11.3 Å². The van der Waals surface area contributed by atoms with E-state index in [-0.39, 0.29) is 17.2 Å². The Morgan fingerprint density at radius 2 is 2.04 bits per heavy atom. The van der Waals surface area contributed by atoms with Crippen molar-refractivity contribution in [1.29, 1.82) is 0 Å². The molecule has 1 saturated heterocycles. The number of aromatic nitrogens is 2. The lowest BCUT2D eigenvalue weighted by molar-refractivity contribution is 0.0927. The summed E-state index contributed by atoms with van der Waals surface area (Å²) in [5.74, 6) is 1.03. The van der Waals surface area contributed by atoms with E-state index in [1.165, 1.54) is 0 Å². The topological polar surface area (TPSA) is 100 Å². The van der Waals surface area contributed by atoms with Crippen LogP contribution < -0.4 is 10.6 Å². The van der Waals surface area contributed by atoms with Gasteiger partial charge >= 0.3 is 0 Å². The third-order valence-corrected chi connectivity index (χ3v) is 4.38.